The van der Waals surface area contributed by atoms with Crippen LogP contribution in [0.2, 0.25) is 5.02 Å². The van der Waals surface area contributed by atoms with Gasteiger partial charge in [0, 0.05) is 10.6 Å². The Bertz CT molecular complexity index is 508. The van der Waals surface area contributed by atoms with Gasteiger partial charge in [-0.25, -0.2) is 0 Å². The Hall–Kier alpha value is -1.68. The largest absolute Gasteiger partial charge is 0.334 e. The fourth-order valence-corrected chi connectivity index (χ4v) is 1.41. The third kappa shape index (κ3) is 1.89. The first kappa shape index (κ1) is 9.86. The molecule has 0 bridgehead atoms. The molecule has 0 fully saturated rings. The van der Waals surface area contributed by atoms with Crippen LogP contribution in [0.15, 0.2) is 22.7 Å². The molecule has 0 aliphatic heterocycles. The lowest BCUT2D eigenvalue weighted by molar-refractivity contribution is 0.112. The van der Waals surface area contributed by atoms with Gasteiger partial charge in [-0.2, -0.15) is 4.98 Å². The molecule has 5 heteroatoms. The quantitative estimate of drug-likeness (QED) is 0.733. The van der Waals surface area contributed by atoms with Crippen molar-refractivity contribution in [2.24, 2.45) is 0 Å². The summed E-state index contributed by atoms with van der Waals surface area (Å²) in [6.45, 7) is 1.71. The number of hydrogen-bond donors (Lipinski definition) is 0. The Morgan fingerprint density at radius 2 is 2.27 bits per heavy atom. The molecule has 0 N–H and O–H groups in total. The average molecular weight is 223 g/mol. The van der Waals surface area contributed by atoms with Gasteiger partial charge in [-0.15, -0.1) is 0 Å². The molecule has 0 atom stereocenters. The zero-order valence-electron chi connectivity index (χ0n) is 7.90. The van der Waals surface area contributed by atoms with E-state index in [0.717, 1.165) is 0 Å². The maximum Gasteiger partial charge on any atom is 0.258 e. The fourth-order valence-electron chi connectivity index (χ4n) is 1.23. The molecule has 15 heavy (non-hydrogen) atoms. The number of hydrogen-bond acceptors (Lipinski definition) is 4. The van der Waals surface area contributed by atoms with Crippen LogP contribution in [0.1, 0.15) is 16.2 Å². The lowest BCUT2D eigenvalue weighted by Gasteiger charge is -1.98. The lowest BCUT2D eigenvalue weighted by Crippen LogP contribution is -1.87. The van der Waals surface area contributed by atoms with Crippen LogP contribution in [0, 0.1) is 6.92 Å². The number of aldehydes is 1. The molecule has 2 rings (SSSR count). The van der Waals surface area contributed by atoms with E-state index in [1.54, 1.807) is 25.1 Å². The van der Waals surface area contributed by atoms with Gasteiger partial charge in [0.25, 0.3) is 5.89 Å². The van der Waals surface area contributed by atoms with Crippen molar-refractivity contribution >= 4 is 17.9 Å². The monoisotopic (exact) mass is 222 g/mol. The van der Waals surface area contributed by atoms with Crippen molar-refractivity contribution in [1.82, 2.24) is 10.1 Å². The molecule has 0 saturated heterocycles. The van der Waals surface area contributed by atoms with Crippen molar-refractivity contribution in [3.8, 4) is 11.5 Å². The SMILES string of the molecule is Cc1noc(-c2ccc(Cl)cc2C=O)n1. The van der Waals surface area contributed by atoms with Gasteiger partial charge in [0.05, 0.1) is 5.56 Å². The maximum atomic E-state index is 10.8. The van der Waals surface area contributed by atoms with E-state index in [1.807, 2.05) is 0 Å². The van der Waals surface area contributed by atoms with E-state index in [-0.39, 0.29) is 0 Å². The van der Waals surface area contributed by atoms with Gasteiger partial charge >= 0.3 is 0 Å². The predicted molar refractivity (Wildman–Crippen MR) is 54.9 cm³/mol. The van der Waals surface area contributed by atoms with E-state index in [9.17, 15) is 4.79 Å². The minimum Gasteiger partial charge on any atom is -0.334 e. The first-order chi connectivity index (χ1) is 7.20. The van der Waals surface area contributed by atoms with Crippen LogP contribution < -0.4 is 0 Å². The molecule has 1 aromatic carbocycles. The summed E-state index contributed by atoms with van der Waals surface area (Å²) in [5, 5.41) is 4.15. The predicted octanol–water partition coefficient (Wildman–Crippen LogP) is 2.51. The molecule has 0 radical (unpaired) electrons. The molecule has 0 spiro atoms. The summed E-state index contributed by atoms with van der Waals surface area (Å²) in [6.07, 6.45) is 0.709. The Balaban J connectivity index is 2.57. The first-order valence-electron chi connectivity index (χ1n) is 4.26. The van der Waals surface area contributed by atoms with Gasteiger partial charge in [0.1, 0.15) is 0 Å². The normalized spacial score (nSPS) is 10.3. The number of halogens is 1. The first-order valence-corrected chi connectivity index (χ1v) is 4.64. The molecule has 0 aliphatic rings. The van der Waals surface area contributed by atoms with Crippen LogP contribution in [0.25, 0.3) is 11.5 Å². The smallest absolute Gasteiger partial charge is 0.258 e. The Kier molecular flexibility index (Phi) is 2.51. The van der Waals surface area contributed by atoms with E-state index < -0.39 is 0 Å². The van der Waals surface area contributed by atoms with Crippen LogP contribution in [0.5, 0.6) is 0 Å². The molecule has 0 saturated carbocycles. The van der Waals surface area contributed by atoms with Crippen LogP contribution >= 0.6 is 11.6 Å². The molecule has 0 unspecified atom stereocenters. The highest BCUT2D eigenvalue weighted by Crippen LogP contribution is 2.23. The van der Waals surface area contributed by atoms with Gasteiger partial charge in [-0.05, 0) is 25.1 Å². The minimum absolute atomic E-state index is 0.325. The molecule has 1 heterocycles. The molecule has 2 aromatic rings. The fraction of sp³-hybridized carbons (Fsp3) is 0.100. The van der Waals surface area contributed by atoms with Gasteiger partial charge in [0.15, 0.2) is 12.1 Å². The molecular formula is C10H7ClN2O2. The van der Waals surface area contributed by atoms with Crippen LogP contribution in [0.3, 0.4) is 0 Å². The Labute approximate surface area is 90.9 Å². The zero-order chi connectivity index (χ0) is 10.8. The van der Waals surface area contributed by atoms with Gasteiger partial charge in [0.2, 0.25) is 0 Å². The number of rotatable bonds is 2. The third-order valence-electron chi connectivity index (χ3n) is 1.90. The highest BCUT2D eigenvalue weighted by atomic mass is 35.5. The number of benzene rings is 1. The van der Waals surface area contributed by atoms with Gasteiger partial charge in [-0.3, -0.25) is 4.79 Å². The molecular weight excluding hydrogens is 216 g/mol. The van der Waals surface area contributed by atoms with E-state index >= 15 is 0 Å². The highest BCUT2D eigenvalue weighted by molar-refractivity contribution is 6.31. The number of aromatic nitrogens is 2. The lowest BCUT2D eigenvalue weighted by atomic mass is 10.1. The molecule has 4 nitrogen and oxygen atoms in total. The summed E-state index contributed by atoms with van der Waals surface area (Å²) in [5.74, 6) is 0.850. The summed E-state index contributed by atoms with van der Waals surface area (Å²) in [7, 11) is 0. The van der Waals surface area contributed by atoms with Crippen molar-refractivity contribution in [3.05, 3.63) is 34.6 Å². The van der Waals surface area contributed by atoms with Crippen molar-refractivity contribution in [2.45, 2.75) is 6.92 Å². The minimum atomic E-state index is 0.325. The summed E-state index contributed by atoms with van der Waals surface area (Å²) in [4.78, 5) is 14.9. The topological polar surface area (TPSA) is 56.0 Å². The molecule has 0 aliphatic carbocycles. The van der Waals surface area contributed by atoms with Gasteiger partial charge < -0.3 is 4.52 Å². The second-order valence-electron chi connectivity index (χ2n) is 3.00. The number of carbonyl (C=O) groups excluding carboxylic acids is 1. The van der Waals surface area contributed by atoms with Crippen molar-refractivity contribution in [2.75, 3.05) is 0 Å². The van der Waals surface area contributed by atoms with E-state index in [2.05, 4.69) is 10.1 Å². The zero-order valence-corrected chi connectivity index (χ0v) is 8.65. The summed E-state index contributed by atoms with van der Waals surface area (Å²) in [6, 6.07) is 4.91. The Morgan fingerprint density at radius 3 is 2.87 bits per heavy atom. The second-order valence-corrected chi connectivity index (χ2v) is 3.43. The Morgan fingerprint density at radius 1 is 1.47 bits per heavy atom. The van der Waals surface area contributed by atoms with Crippen LogP contribution in [-0.2, 0) is 0 Å². The summed E-state index contributed by atoms with van der Waals surface area (Å²) < 4.78 is 4.97. The second kappa shape index (κ2) is 3.82. The molecule has 76 valence electrons. The maximum absolute atomic E-state index is 10.8. The highest BCUT2D eigenvalue weighted by Gasteiger charge is 2.11. The van der Waals surface area contributed by atoms with Crippen molar-refractivity contribution < 1.29 is 9.32 Å². The number of nitrogens with zero attached hydrogens (tertiary/aromatic N) is 2. The van der Waals surface area contributed by atoms with Crippen molar-refractivity contribution in [1.29, 1.82) is 0 Å². The molecule has 1 aromatic heterocycles. The van der Waals surface area contributed by atoms with E-state index in [0.29, 0.717) is 34.2 Å². The van der Waals surface area contributed by atoms with Crippen LogP contribution in [0.4, 0.5) is 0 Å². The molecule has 0 amide bonds. The van der Waals surface area contributed by atoms with E-state index in [4.69, 9.17) is 16.1 Å². The third-order valence-corrected chi connectivity index (χ3v) is 2.13. The van der Waals surface area contributed by atoms with Crippen LogP contribution in [-0.4, -0.2) is 16.4 Å². The summed E-state index contributed by atoms with van der Waals surface area (Å²) in [5.41, 5.74) is 1.03. The average Bonchev–Trinajstić information content (AvgIpc) is 2.64. The van der Waals surface area contributed by atoms with Gasteiger partial charge in [-0.1, -0.05) is 16.8 Å². The summed E-state index contributed by atoms with van der Waals surface area (Å²) >= 11 is 5.76. The number of aryl methyl sites for hydroxylation is 1. The standard InChI is InChI=1S/C10H7ClN2O2/c1-6-12-10(15-13-6)9-3-2-8(11)4-7(9)5-14/h2-5H,1H3. The van der Waals surface area contributed by atoms with Crippen molar-refractivity contribution in [3.63, 3.8) is 0 Å². The van der Waals surface area contributed by atoms with E-state index in [1.165, 1.54) is 0 Å². The number of carbonyl (C=O) groups is 1.